The first kappa shape index (κ1) is 13.8. The van der Waals surface area contributed by atoms with E-state index in [9.17, 15) is 14.7 Å². The number of anilines is 1. The van der Waals surface area contributed by atoms with Crippen LogP contribution < -0.4 is 4.90 Å². The molecule has 0 radical (unpaired) electrons. The lowest BCUT2D eigenvalue weighted by molar-refractivity contribution is 0.0693. The molecule has 0 unspecified atom stereocenters. The zero-order valence-electron chi connectivity index (χ0n) is 11.3. The lowest BCUT2D eigenvalue weighted by Crippen LogP contribution is -2.14. The Hall–Kier alpha value is -2.62. The van der Waals surface area contributed by atoms with E-state index in [1.807, 2.05) is 25.1 Å². The highest BCUT2D eigenvalue weighted by atomic mass is 16.4. The lowest BCUT2D eigenvalue weighted by Gasteiger charge is -2.15. The molecule has 2 aromatic rings. The minimum Gasteiger partial charge on any atom is -0.478 e. The van der Waals surface area contributed by atoms with E-state index in [0.717, 1.165) is 5.69 Å². The summed E-state index contributed by atoms with van der Waals surface area (Å²) in [5.74, 6) is -1.39. The molecular formula is C16H15NO3. The highest BCUT2D eigenvalue weighted by Crippen LogP contribution is 2.21. The van der Waals surface area contributed by atoms with E-state index in [4.69, 9.17) is 0 Å². The lowest BCUT2D eigenvalue weighted by atomic mass is 9.97. The summed E-state index contributed by atoms with van der Waals surface area (Å²) in [7, 11) is 3.68. The first-order valence-electron chi connectivity index (χ1n) is 6.15. The van der Waals surface area contributed by atoms with Crippen molar-refractivity contribution in [1.29, 1.82) is 0 Å². The number of rotatable bonds is 4. The molecule has 0 aromatic heterocycles. The number of carbonyl (C=O) groups excluding carboxylic acids is 1. The van der Waals surface area contributed by atoms with Crippen LogP contribution in [0.2, 0.25) is 0 Å². The van der Waals surface area contributed by atoms with E-state index in [1.54, 1.807) is 36.4 Å². The van der Waals surface area contributed by atoms with Crippen LogP contribution in [0.1, 0.15) is 26.3 Å². The van der Waals surface area contributed by atoms with Crippen LogP contribution >= 0.6 is 0 Å². The number of benzene rings is 2. The second-order valence-corrected chi connectivity index (χ2v) is 4.62. The van der Waals surface area contributed by atoms with E-state index in [1.165, 1.54) is 6.07 Å². The Labute approximate surface area is 117 Å². The molecule has 4 nitrogen and oxygen atoms in total. The second-order valence-electron chi connectivity index (χ2n) is 4.62. The number of carboxylic acids is 1. The predicted octanol–water partition coefficient (Wildman–Crippen LogP) is 2.68. The molecule has 20 heavy (non-hydrogen) atoms. The monoisotopic (exact) mass is 269 g/mol. The highest BCUT2D eigenvalue weighted by Gasteiger charge is 2.18. The summed E-state index contributed by atoms with van der Waals surface area (Å²) in [5, 5.41) is 9.23. The van der Waals surface area contributed by atoms with E-state index in [-0.39, 0.29) is 16.9 Å². The largest absolute Gasteiger partial charge is 0.478 e. The summed E-state index contributed by atoms with van der Waals surface area (Å²) < 4.78 is 0. The summed E-state index contributed by atoms with van der Waals surface area (Å²) in [6.07, 6.45) is 0. The maximum Gasteiger partial charge on any atom is 0.336 e. The smallest absolute Gasteiger partial charge is 0.336 e. The number of hydrogen-bond donors (Lipinski definition) is 1. The molecule has 0 saturated carbocycles. The Bertz CT molecular complexity index is 648. The molecule has 0 aliphatic carbocycles. The Morgan fingerprint density at radius 3 is 2.15 bits per heavy atom. The minimum absolute atomic E-state index is 0.0180. The van der Waals surface area contributed by atoms with Crippen LogP contribution in [0.4, 0.5) is 5.69 Å². The van der Waals surface area contributed by atoms with Gasteiger partial charge in [0.05, 0.1) is 5.56 Å². The maximum absolute atomic E-state index is 12.5. The first-order valence-corrected chi connectivity index (χ1v) is 6.15. The molecule has 0 saturated heterocycles. The third kappa shape index (κ3) is 2.69. The molecule has 0 atom stereocenters. The van der Waals surface area contributed by atoms with Gasteiger partial charge in [0.25, 0.3) is 0 Å². The van der Waals surface area contributed by atoms with Crippen molar-refractivity contribution >= 4 is 17.4 Å². The summed E-state index contributed by atoms with van der Waals surface area (Å²) in [6.45, 7) is 0. The second kappa shape index (κ2) is 5.57. The van der Waals surface area contributed by atoms with Crippen LogP contribution in [0.15, 0.2) is 48.5 Å². The molecule has 2 aromatic carbocycles. The molecule has 0 aliphatic heterocycles. The standard InChI is InChI=1S/C16H15NO3/c1-17(2)12-8-9-13(16(19)20)14(10-12)15(18)11-6-4-3-5-7-11/h3-10H,1-2H3,(H,19,20). The number of hydrogen-bond acceptors (Lipinski definition) is 3. The quantitative estimate of drug-likeness (QED) is 0.867. The molecule has 102 valence electrons. The van der Waals surface area contributed by atoms with Gasteiger partial charge in [0, 0.05) is 30.9 Å². The van der Waals surface area contributed by atoms with Gasteiger partial charge in [-0.15, -0.1) is 0 Å². The van der Waals surface area contributed by atoms with Crippen molar-refractivity contribution in [2.75, 3.05) is 19.0 Å². The van der Waals surface area contributed by atoms with Gasteiger partial charge >= 0.3 is 5.97 Å². The van der Waals surface area contributed by atoms with Gasteiger partial charge < -0.3 is 10.0 Å². The zero-order valence-corrected chi connectivity index (χ0v) is 11.3. The molecular weight excluding hydrogens is 254 g/mol. The zero-order chi connectivity index (χ0) is 14.7. The molecule has 4 heteroatoms. The fraction of sp³-hybridized carbons (Fsp3) is 0.125. The van der Waals surface area contributed by atoms with Crippen LogP contribution in [0.5, 0.6) is 0 Å². The summed E-state index contributed by atoms with van der Waals surface area (Å²) in [6, 6.07) is 13.4. The van der Waals surface area contributed by atoms with Crippen molar-refractivity contribution in [2.45, 2.75) is 0 Å². The van der Waals surface area contributed by atoms with Crippen molar-refractivity contribution in [3.63, 3.8) is 0 Å². The number of nitrogens with zero attached hydrogens (tertiary/aromatic N) is 1. The van der Waals surface area contributed by atoms with E-state index in [2.05, 4.69) is 0 Å². The predicted molar refractivity (Wildman–Crippen MR) is 77.6 cm³/mol. The van der Waals surface area contributed by atoms with Crippen LogP contribution in [0, 0.1) is 0 Å². The van der Waals surface area contributed by atoms with Crippen molar-refractivity contribution in [2.24, 2.45) is 0 Å². The third-order valence-corrected chi connectivity index (χ3v) is 3.03. The number of ketones is 1. The molecule has 2 rings (SSSR count). The van der Waals surface area contributed by atoms with E-state index >= 15 is 0 Å². The fourth-order valence-corrected chi connectivity index (χ4v) is 1.93. The summed E-state index contributed by atoms with van der Waals surface area (Å²) >= 11 is 0. The van der Waals surface area contributed by atoms with Gasteiger partial charge in [-0.3, -0.25) is 4.79 Å². The SMILES string of the molecule is CN(C)c1ccc(C(=O)O)c(C(=O)c2ccccc2)c1. The number of carbonyl (C=O) groups is 2. The van der Waals surface area contributed by atoms with Crippen molar-refractivity contribution in [1.82, 2.24) is 0 Å². The van der Waals surface area contributed by atoms with Gasteiger partial charge in [-0.25, -0.2) is 4.79 Å². The molecule has 0 spiro atoms. The van der Waals surface area contributed by atoms with Gasteiger partial charge in [-0.2, -0.15) is 0 Å². The Kier molecular flexibility index (Phi) is 3.84. The summed E-state index contributed by atoms with van der Waals surface area (Å²) in [4.78, 5) is 25.6. The van der Waals surface area contributed by atoms with E-state index in [0.29, 0.717) is 5.56 Å². The van der Waals surface area contributed by atoms with Gasteiger partial charge in [0.15, 0.2) is 5.78 Å². The van der Waals surface area contributed by atoms with Gasteiger partial charge in [-0.1, -0.05) is 30.3 Å². The number of aromatic carboxylic acids is 1. The average molecular weight is 269 g/mol. The van der Waals surface area contributed by atoms with Crippen molar-refractivity contribution in [3.8, 4) is 0 Å². The maximum atomic E-state index is 12.5. The molecule has 0 fully saturated rings. The van der Waals surface area contributed by atoms with E-state index < -0.39 is 5.97 Å². The van der Waals surface area contributed by atoms with Crippen LogP contribution in [-0.2, 0) is 0 Å². The highest BCUT2D eigenvalue weighted by molar-refractivity contribution is 6.14. The Morgan fingerprint density at radius 1 is 0.950 bits per heavy atom. The average Bonchev–Trinajstić information content (AvgIpc) is 2.46. The van der Waals surface area contributed by atoms with Crippen LogP contribution in [-0.4, -0.2) is 31.0 Å². The topological polar surface area (TPSA) is 57.6 Å². The third-order valence-electron chi connectivity index (χ3n) is 3.03. The van der Waals surface area contributed by atoms with Crippen LogP contribution in [0.25, 0.3) is 0 Å². The molecule has 1 N–H and O–H groups in total. The number of carboxylic acid groups (broad SMARTS) is 1. The fourth-order valence-electron chi connectivity index (χ4n) is 1.93. The summed E-state index contributed by atoms with van der Waals surface area (Å²) in [5.41, 5.74) is 1.49. The van der Waals surface area contributed by atoms with Crippen LogP contribution in [0.3, 0.4) is 0 Å². The Balaban J connectivity index is 2.56. The first-order chi connectivity index (χ1) is 9.50. The normalized spacial score (nSPS) is 10.1. The molecule has 0 heterocycles. The molecule has 0 amide bonds. The van der Waals surface area contributed by atoms with Gasteiger partial charge in [0.1, 0.15) is 0 Å². The Morgan fingerprint density at radius 2 is 1.60 bits per heavy atom. The van der Waals surface area contributed by atoms with Crippen molar-refractivity contribution < 1.29 is 14.7 Å². The van der Waals surface area contributed by atoms with Gasteiger partial charge in [0.2, 0.25) is 0 Å². The van der Waals surface area contributed by atoms with Gasteiger partial charge in [-0.05, 0) is 18.2 Å². The molecule has 0 aliphatic rings. The van der Waals surface area contributed by atoms with Crippen molar-refractivity contribution in [3.05, 3.63) is 65.2 Å². The minimum atomic E-state index is -1.10. The molecule has 0 bridgehead atoms.